The van der Waals surface area contributed by atoms with Crippen molar-refractivity contribution < 1.29 is 29.0 Å². The number of hydrogen-bond acceptors (Lipinski definition) is 5. The third-order valence-electron chi connectivity index (χ3n) is 2.93. The number of carbonyl (C=O) groups is 3. The third kappa shape index (κ3) is 6.70. The summed E-state index contributed by atoms with van der Waals surface area (Å²) in [6.45, 7) is 9.76. The molecule has 0 radical (unpaired) electrons. The molecule has 27 heavy (non-hydrogen) atoms. The van der Waals surface area contributed by atoms with Gasteiger partial charge in [-0.3, -0.25) is 0 Å². The lowest BCUT2D eigenvalue weighted by molar-refractivity contribution is 0.0430. The number of rotatable bonds is 3. The Kier molecular flexibility index (Phi) is 7.30. The first kappa shape index (κ1) is 23.2. The fraction of sp³-hybridized carbons (Fsp3) is 0.500. The van der Waals surface area contributed by atoms with Crippen molar-refractivity contribution in [2.45, 2.75) is 58.1 Å². The van der Waals surface area contributed by atoms with Gasteiger partial charge in [0.25, 0.3) is 0 Å². The molecule has 0 aromatic heterocycles. The highest BCUT2D eigenvalue weighted by Crippen LogP contribution is 2.32. The summed E-state index contributed by atoms with van der Waals surface area (Å²) in [5.41, 5.74) is -1.85. The number of aromatic carboxylic acids is 1. The smallest absolute Gasteiger partial charge is 0.424 e. The van der Waals surface area contributed by atoms with Crippen molar-refractivity contribution in [2.75, 3.05) is 4.90 Å². The van der Waals surface area contributed by atoms with Crippen molar-refractivity contribution in [3.05, 3.63) is 28.3 Å². The van der Waals surface area contributed by atoms with Gasteiger partial charge in [0.05, 0.1) is 11.3 Å². The van der Waals surface area contributed by atoms with Gasteiger partial charge in [-0.2, -0.15) is 4.90 Å². The van der Waals surface area contributed by atoms with Crippen LogP contribution >= 0.6 is 27.5 Å². The van der Waals surface area contributed by atoms with Crippen molar-refractivity contribution in [1.82, 2.24) is 0 Å². The van der Waals surface area contributed by atoms with Crippen LogP contribution in [0.3, 0.4) is 0 Å². The number of carbonyl (C=O) groups excluding carboxylic acids is 2. The number of imide groups is 1. The number of carboxylic acids is 1. The molecular formula is C18H23BrClNO6. The van der Waals surface area contributed by atoms with Gasteiger partial charge in [0.2, 0.25) is 0 Å². The molecule has 150 valence electrons. The minimum absolute atomic E-state index is 0.182. The highest BCUT2D eigenvalue weighted by Gasteiger charge is 2.35. The molecule has 0 saturated carbocycles. The molecule has 0 aliphatic heterocycles. The molecule has 9 heteroatoms. The van der Waals surface area contributed by atoms with Gasteiger partial charge in [0, 0.05) is 10.4 Å². The summed E-state index contributed by atoms with van der Waals surface area (Å²) >= 11 is 9.32. The van der Waals surface area contributed by atoms with E-state index in [4.69, 9.17) is 21.1 Å². The summed E-state index contributed by atoms with van der Waals surface area (Å²) in [6.07, 6.45) is -2.11. The maximum atomic E-state index is 12.7. The summed E-state index contributed by atoms with van der Waals surface area (Å²) in [5.74, 6) is -1.36. The molecule has 2 amide bonds. The molecule has 1 rings (SSSR count). The van der Waals surface area contributed by atoms with Gasteiger partial charge in [-0.15, -0.1) is 0 Å². The number of carboxylic acid groups (broad SMARTS) is 1. The van der Waals surface area contributed by atoms with Crippen LogP contribution in [0.2, 0.25) is 5.02 Å². The fourth-order valence-electron chi connectivity index (χ4n) is 1.95. The lowest BCUT2D eigenvalue weighted by Gasteiger charge is -2.29. The van der Waals surface area contributed by atoms with Crippen LogP contribution in [0.25, 0.3) is 0 Å². The number of nitrogens with zero attached hydrogens (tertiary/aromatic N) is 1. The molecule has 0 aliphatic rings. The summed E-state index contributed by atoms with van der Waals surface area (Å²) in [6, 6.07) is 2.52. The third-order valence-corrected chi connectivity index (χ3v) is 3.89. The maximum Gasteiger partial charge on any atom is 0.424 e. The number of hydrogen-bond donors (Lipinski definition) is 1. The van der Waals surface area contributed by atoms with Gasteiger partial charge >= 0.3 is 18.2 Å². The van der Waals surface area contributed by atoms with E-state index in [9.17, 15) is 19.5 Å². The van der Waals surface area contributed by atoms with Gasteiger partial charge < -0.3 is 14.6 Å². The van der Waals surface area contributed by atoms with Crippen LogP contribution in [0.1, 0.15) is 57.5 Å². The van der Waals surface area contributed by atoms with Crippen molar-refractivity contribution in [3.8, 4) is 0 Å². The summed E-state index contributed by atoms with van der Waals surface area (Å²) in [4.78, 5) is 37.7. The van der Waals surface area contributed by atoms with E-state index >= 15 is 0 Å². The predicted octanol–water partition coefficient (Wildman–Crippen LogP) is 5.61. The minimum atomic E-state index is -1.36. The second-order valence-corrected chi connectivity index (χ2v) is 8.66. The number of benzene rings is 1. The number of amides is 2. The van der Waals surface area contributed by atoms with Crippen molar-refractivity contribution in [2.24, 2.45) is 0 Å². The molecule has 0 bridgehead atoms. The lowest BCUT2D eigenvalue weighted by Crippen LogP contribution is -2.44. The summed E-state index contributed by atoms with van der Waals surface area (Å²) in [7, 11) is 0. The van der Waals surface area contributed by atoms with Gasteiger partial charge in [-0.1, -0.05) is 27.5 Å². The lowest BCUT2D eigenvalue weighted by atomic mass is 10.1. The van der Waals surface area contributed by atoms with Crippen LogP contribution in [0.15, 0.2) is 12.1 Å². The van der Waals surface area contributed by atoms with E-state index in [1.165, 1.54) is 12.1 Å². The van der Waals surface area contributed by atoms with Crippen molar-refractivity contribution in [1.29, 1.82) is 0 Å². The highest BCUT2D eigenvalue weighted by molar-refractivity contribution is 9.08. The van der Waals surface area contributed by atoms with Crippen LogP contribution in [-0.2, 0) is 14.8 Å². The van der Waals surface area contributed by atoms with E-state index < -0.39 is 29.4 Å². The monoisotopic (exact) mass is 463 g/mol. The zero-order valence-corrected chi connectivity index (χ0v) is 18.4. The Balaban J connectivity index is 3.61. The number of halogens is 2. The standard InChI is InChI=1S/C18H23BrClNO6/c1-17(2,3)26-15(24)21(16(25)27-18(4,5)6)13-7-10(9-19)12(20)8-11(13)14(22)23/h7-8H,9H2,1-6H3,(H,22,23). The highest BCUT2D eigenvalue weighted by atomic mass is 79.9. The zero-order valence-electron chi connectivity index (χ0n) is 16.1. The molecule has 1 aromatic rings. The molecule has 1 aromatic carbocycles. The number of anilines is 1. The second kappa shape index (κ2) is 8.48. The number of ether oxygens (including phenoxy) is 2. The van der Waals surface area contributed by atoms with E-state index in [1.54, 1.807) is 41.5 Å². The van der Waals surface area contributed by atoms with E-state index in [1.807, 2.05) is 0 Å². The van der Waals surface area contributed by atoms with Crippen LogP contribution in [0, 0.1) is 0 Å². The van der Waals surface area contributed by atoms with Crippen LogP contribution < -0.4 is 4.90 Å². The summed E-state index contributed by atoms with van der Waals surface area (Å²) in [5, 5.41) is 10.00. The summed E-state index contributed by atoms with van der Waals surface area (Å²) < 4.78 is 10.6. The van der Waals surface area contributed by atoms with E-state index in [2.05, 4.69) is 15.9 Å². The fourth-order valence-corrected chi connectivity index (χ4v) is 2.81. The van der Waals surface area contributed by atoms with Crippen molar-refractivity contribution >= 4 is 51.4 Å². The molecule has 0 fully saturated rings. The zero-order chi connectivity index (χ0) is 21.2. The Labute approximate surface area is 171 Å². The Morgan fingerprint density at radius 1 is 1.04 bits per heavy atom. The van der Waals surface area contributed by atoms with Gasteiger partial charge in [0.1, 0.15) is 11.2 Å². The molecule has 0 unspecified atom stereocenters. The van der Waals surface area contributed by atoms with E-state index in [0.717, 1.165) is 0 Å². The number of alkyl halides is 1. The Bertz CT molecular complexity index is 723. The second-order valence-electron chi connectivity index (χ2n) is 7.70. The van der Waals surface area contributed by atoms with Gasteiger partial charge in [-0.05, 0) is 59.2 Å². The molecular weight excluding hydrogens is 442 g/mol. The maximum absolute atomic E-state index is 12.7. The van der Waals surface area contributed by atoms with Crippen molar-refractivity contribution in [3.63, 3.8) is 0 Å². The Morgan fingerprint density at radius 3 is 1.81 bits per heavy atom. The van der Waals surface area contributed by atoms with Gasteiger partial charge in [-0.25, -0.2) is 14.4 Å². The topological polar surface area (TPSA) is 93.1 Å². The average molecular weight is 465 g/mol. The van der Waals surface area contributed by atoms with Gasteiger partial charge in [0.15, 0.2) is 0 Å². The molecule has 0 saturated heterocycles. The quantitative estimate of drug-likeness (QED) is 0.584. The molecule has 7 nitrogen and oxygen atoms in total. The normalized spacial score (nSPS) is 11.7. The van der Waals surface area contributed by atoms with Crippen LogP contribution in [0.4, 0.5) is 15.3 Å². The first-order chi connectivity index (χ1) is 12.2. The van der Waals surface area contributed by atoms with E-state index in [-0.39, 0.29) is 21.6 Å². The Morgan fingerprint density at radius 2 is 1.48 bits per heavy atom. The molecule has 0 spiro atoms. The minimum Gasteiger partial charge on any atom is -0.478 e. The Hall–Kier alpha value is -1.80. The largest absolute Gasteiger partial charge is 0.478 e. The first-order valence-electron chi connectivity index (χ1n) is 8.04. The first-order valence-corrected chi connectivity index (χ1v) is 9.54. The SMILES string of the molecule is CC(C)(C)OC(=O)N(C(=O)OC(C)(C)C)c1cc(CBr)c(Cl)cc1C(=O)O. The van der Waals surface area contributed by atoms with Crippen LogP contribution in [-0.4, -0.2) is 34.5 Å². The van der Waals surface area contributed by atoms with Crippen LogP contribution in [0.5, 0.6) is 0 Å². The molecule has 1 N–H and O–H groups in total. The predicted molar refractivity (Wildman–Crippen MR) is 106 cm³/mol. The average Bonchev–Trinajstić information content (AvgIpc) is 2.44. The molecule has 0 heterocycles. The van der Waals surface area contributed by atoms with E-state index in [0.29, 0.717) is 10.5 Å². The molecule has 0 atom stereocenters. The molecule has 0 aliphatic carbocycles.